The third kappa shape index (κ3) is 2.91. The maximum absolute atomic E-state index is 12.8. The number of ketones is 2. The smallest absolute Gasteiger partial charge is 0.169 e. The lowest BCUT2D eigenvalue weighted by Gasteiger charge is -2.32. The Morgan fingerprint density at radius 1 is 1.13 bits per heavy atom. The average Bonchev–Trinajstić information content (AvgIpc) is 2.59. The molecule has 0 aromatic heterocycles. The van der Waals surface area contributed by atoms with E-state index >= 15 is 0 Å². The van der Waals surface area contributed by atoms with E-state index in [4.69, 9.17) is 4.74 Å². The summed E-state index contributed by atoms with van der Waals surface area (Å²) in [7, 11) is 1.59. The van der Waals surface area contributed by atoms with Crippen molar-refractivity contribution in [2.24, 2.45) is 5.41 Å². The minimum absolute atomic E-state index is 0.00267. The molecule has 1 aliphatic rings. The summed E-state index contributed by atoms with van der Waals surface area (Å²) in [6.07, 6.45) is 1.80. The van der Waals surface area contributed by atoms with Gasteiger partial charge in [-0.05, 0) is 42.7 Å². The van der Waals surface area contributed by atoms with Crippen LogP contribution >= 0.6 is 0 Å². The summed E-state index contributed by atoms with van der Waals surface area (Å²) in [5.41, 5.74) is 1.86. The monoisotopic (exact) mass is 308 g/mol. The van der Waals surface area contributed by atoms with Crippen molar-refractivity contribution < 1.29 is 14.3 Å². The lowest BCUT2D eigenvalue weighted by Crippen LogP contribution is -2.35. The largest absolute Gasteiger partial charge is 0.497 e. The van der Waals surface area contributed by atoms with Gasteiger partial charge in [0, 0.05) is 23.0 Å². The summed E-state index contributed by atoms with van der Waals surface area (Å²) in [5.74, 6) is 0.805. The average molecular weight is 308 g/mol. The molecule has 0 N–H and O–H groups in total. The second-order valence-electron chi connectivity index (χ2n) is 6.38. The zero-order valence-corrected chi connectivity index (χ0v) is 13.5. The number of fused-ring (bicyclic) bond motifs is 1. The van der Waals surface area contributed by atoms with Crippen LogP contribution in [-0.4, -0.2) is 18.7 Å². The van der Waals surface area contributed by atoms with Gasteiger partial charge in [-0.2, -0.15) is 0 Å². The van der Waals surface area contributed by atoms with E-state index in [0.29, 0.717) is 12.0 Å². The van der Waals surface area contributed by atoms with E-state index in [1.54, 1.807) is 31.4 Å². The SMILES string of the molecule is COc1ccc(C(=O)CC2(C)CCc3ccccc3C2=O)cc1. The Kier molecular flexibility index (Phi) is 4.03. The Morgan fingerprint density at radius 2 is 1.83 bits per heavy atom. The lowest BCUT2D eigenvalue weighted by molar-refractivity contribution is 0.0715. The first-order valence-corrected chi connectivity index (χ1v) is 7.83. The van der Waals surface area contributed by atoms with Gasteiger partial charge in [0.15, 0.2) is 11.6 Å². The molecule has 1 unspecified atom stereocenters. The Bertz CT molecular complexity index is 746. The van der Waals surface area contributed by atoms with Gasteiger partial charge < -0.3 is 4.74 Å². The minimum atomic E-state index is -0.620. The van der Waals surface area contributed by atoms with Crippen molar-refractivity contribution in [3.8, 4) is 5.75 Å². The summed E-state index contributed by atoms with van der Waals surface area (Å²) in [6.45, 7) is 1.91. The Hall–Kier alpha value is -2.42. The maximum Gasteiger partial charge on any atom is 0.169 e. The molecule has 3 heteroatoms. The van der Waals surface area contributed by atoms with Crippen LogP contribution in [-0.2, 0) is 6.42 Å². The highest BCUT2D eigenvalue weighted by molar-refractivity contribution is 6.07. The van der Waals surface area contributed by atoms with Crippen molar-refractivity contribution in [2.75, 3.05) is 7.11 Å². The molecule has 3 nitrogen and oxygen atoms in total. The van der Waals surface area contributed by atoms with E-state index in [0.717, 1.165) is 23.3 Å². The van der Waals surface area contributed by atoms with Crippen LogP contribution in [0.25, 0.3) is 0 Å². The summed E-state index contributed by atoms with van der Waals surface area (Å²) in [4.78, 5) is 25.4. The number of rotatable bonds is 4. The molecule has 118 valence electrons. The second-order valence-corrected chi connectivity index (χ2v) is 6.38. The predicted octanol–water partition coefficient (Wildman–Crippen LogP) is 4.10. The van der Waals surface area contributed by atoms with Crippen molar-refractivity contribution in [2.45, 2.75) is 26.2 Å². The molecule has 0 radical (unpaired) electrons. The minimum Gasteiger partial charge on any atom is -0.497 e. The molecule has 0 heterocycles. The van der Waals surface area contributed by atoms with Crippen molar-refractivity contribution in [3.05, 3.63) is 65.2 Å². The molecule has 0 fully saturated rings. The van der Waals surface area contributed by atoms with E-state index in [9.17, 15) is 9.59 Å². The summed E-state index contributed by atoms with van der Waals surface area (Å²) in [5, 5.41) is 0. The van der Waals surface area contributed by atoms with Crippen LogP contribution in [0.5, 0.6) is 5.75 Å². The van der Waals surface area contributed by atoms with Crippen LogP contribution in [0.1, 0.15) is 46.0 Å². The highest BCUT2D eigenvalue weighted by Gasteiger charge is 2.39. The van der Waals surface area contributed by atoms with E-state index < -0.39 is 5.41 Å². The molecule has 23 heavy (non-hydrogen) atoms. The number of Topliss-reactive ketones (excluding diaryl/α,β-unsaturated/α-hetero) is 2. The predicted molar refractivity (Wildman–Crippen MR) is 89.1 cm³/mol. The van der Waals surface area contributed by atoms with Gasteiger partial charge >= 0.3 is 0 Å². The molecule has 1 atom stereocenters. The summed E-state index contributed by atoms with van der Waals surface area (Å²) in [6, 6.07) is 14.8. The first-order chi connectivity index (χ1) is 11.0. The van der Waals surface area contributed by atoms with E-state index in [2.05, 4.69) is 0 Å². The molecule has 3 rings (SSSR count). The van der Waals surface area contributed by atoms with Crippen molar-refractivity contribution >= 4 is 11.6 Å². The quantitative estimate of drug-likeness (QED) is 0.799. The summed E-state index contributed by atoms with van der Waals surface area (Å²) >= 11 is 0. The molecule has 0 amide bonds. The fraction of sp³-hybridized carbons (Fsp3) is 0.300. The highest BCUT2D eigenvalue weighted by atomic mass is 16.5. The Balaban J connectivity index is 1.81. The number of aryl methyl sites for hydroxylation is 1. The lowest BCUT2D eigenvalue weighted by atomic mass is 9.69. The molecule has 2 aromatic rings. The topological polar surface area (TPSA) is 43.4 Å². The first-order valence-electron chi connectivity index (χ1n) is 7.83. The molecule has 0 saturated heterocycles. The molecule has 0 saturated carbocycles. The van der Waals surface area contributed by atoms with Crippen molar-refractivity contribution in [1.82, 2.24) is 0 Å². The number of carbonyl (C=O) groups is 2. The van der Waals surface area contributed by atoms with Gasteiger partial charge in [0.2, 0.25) is 0 Å². The number of ether oxygens (including phenoxy) is 1. The molecule has 1 aliphatic carbocycles. The van der Waals surface area contributed by atoms with Gasteiger partial charge in [-0.15, -0.1) is 0 Å². The standard InChI is InChI=1S/C20H20O3/c1-20(12-11-14-5-3-4-6-17(14)19(20)22)13-18(21)15-7-9-16(23-2)10-8-15/h3-10H,11-13H2,1-2H3. The fourth-order valence-electron chi connectivity index (χ4n) is 3.21. The van der Waals surface area contributed by atoms with E-state index in [-0.39, 0.29) is 18.0 Å². The van der Waals surface area contributed by atoms with Crippen molar-refractivity contribution in [1.29, 1.82) is 0 Å². The van der Waals surface area contributed by atoms with E-state index in [1.165, 1.54) is 0 Å². The first kappa shape index (κ1) is 15.5. The van der Waals surface area contributed by atoms with Crippen LogP contribution in [0.15, 0.2) is 48.5 Å². The van der Waals surface area contributed by atoms with Gasteiger partial charge in [0.1, 0.15) is 5.75 Å². The zero-order valence-electron chi connectivity index (χ0n) is 13.5. The number of hydrogen-bond acceptors (Lipinski definition) is 3. The van der Waals surface area contributed by atoms with Gasteiger partial charge in [0.05, 0.1) is 7.11 Å². The highest BCUT2D eigenvalue weighted by Crippen LogP contribution is 2.38. The molecule has 0 bridgehead atoms. The van der Waals surface area contributed by atoms with Gasteiger partial charge in [0.25, 0.3) is 0 Å². The number of carbonyl (C=O) groups excluding carboxylic acids is 2. The van der Waals surface area contributed by atoms with Gasteiger partial charge in [-0.25, -0.2) is 0 Å². The molecule has 0 aliphatic heterocycles. The normalized spacial score (nSPS) is 20.0. The molecular formula is C20H20O3. The van der Waals surface area contributed by atoms with Crippen LogP contribution < -0.4 is 4.74 Å². The number of hydrogen-bond donors (Lipinski definition) is 0. The van der Waals surface area contributed by atoms with E-state index in [1.807, 2.05) is 31.2 Å². The maximum atomic E-state index is 12.8. The third-order valence-corrected chi connectivity index (χ3v) is 4.72. The van der Waals surface area contributed by atoms with Crippen LogP contribution in [0, 0.1) is 5.41 Å². The van der Waals surface area contributed by atoms with Crippen LogP contribution in [0.3, 0.4) is 0 Å². The van der Waals surface area contributed by atoms with Crippen LogP contribution in [0.4, 0.5) is 0 Å². The second kappa shape index (κ2) is 5.99. The fourth-order valence-corrected chi connectivity index (χ4v) is 3.21. The molecular weight excluding hydrogens is 288 g/mol. The Morgan fingerprint density at radius 3 is 2.52 bits per heavy atom. The zero-order chi connectivity index (χ0) is 16.4. The molecule has 2 aromatic carbocycles. The van der Waals surface area contributed by atoms with Crippen LogP contribution in [0.2, 0.25) is 0 Å². The van der Waals surface area contributed by atoms with Crippen molar-refractivity contribution in [3.63, 3.8) is 0 Å². The Labute approximate surface area is 136 Å². The summed E-state index contributed by atoms with van der Waals surface area (Å²) < 4.78 is 5.11. The number of benzene rings is 2. The van der Waals surface area contributed by atoms with Gasteiger partial charge in [-0.3, -0.25) is 9.59 Å². The van der Waals surface area contributed by atoms with Gasteiger partial charge in [-0.1, -0.05) is 31.2 Å². The third-order valence-electron chi connectivity index (χ3n) is 4.72. The number of methoxy groups -OCH3 is 1. The molecule has 0 spiro atoms.